The zero-order valence-corrected chi connectivity index (χ0v) is 23.8. The summed E-state index contributed by atoms with van der Waals surface area (Å²) >= 11 is 5.92. The molecular formula is C24H18ClF15N2O5. The molecule has 0 aliphatic heterocycles. The number of nitrogens with zero attached hydrogens (tertiary/aromatic N) is 2. The predicted octanol–water partition coefficient (Wildman–Crippen LogP) is 8.32. The van der Waals surface area contributed by atoms with E-state index in [-0.39, 0.29) is 23.1 Å². The number of hydrogen-bond donors (Lipinski definition) is 0. The number of aromatic nitrogens is 2. The van der Waals surface area contributed by atoms with Gasteiger partial charge in [0.15, 0.2) is 18.2 Å². The molecule has 0 aliphatic rings. The standard InChI is InChI=1S/C24H18ClF15N2O5/c1-11(2)7-15(25)17(43)45-14-8-41-16(42-9-14)12-3-5-13(6-4-12)44-10-18(26,27)46-23(37,38)24(39,40)47-22(35,36)20(30,31)19(28,29)21(32,33)34/h3-6,8-9,11,15H,7,10H2,1-2H3/t15-/m0/s1. The highest BCUT2D eigenvalue weighted by atomic mass is 35.5. The fraction of sp³-hybridized carbons (Fsp3) is 0.542. The first-order valence-electron chi connectivity index (χ1n) is 12.2. The summed E-state index contributed by atoms with van der Waals surface area (Å²) in [6.45, 7) is 1.22. The van der Waals surface area contributed by atoms with Crippen LogP contribution >= 0.6 is 11.6 Å². The van der Waals surface area contributed by atoms with Crippen LogP contribution in [0.1, 0.15) is 20.3 Å². The lowest BCUT2D eigenvalue weighted by Gasteiger charge is -2.36. The third-order valence-electron chi connectivity index (χ3n) is 5.29. The van der Waals surface area contributed by atoms with Gasteiger partial charge >= 0.3 is 48.4 Å². The molecule has 1 aromatic carbocycles. The van der Waals surface area contributed by atoms with Crippen molar-refractivity contribution in [3.63, 3.8) is 0 Å². The molecule has 0 bridgehead atoms. The molecule has 0 amide bonds. The topological polar surface area (TPSA) is 79.8 Å². The minimum atomic E-state index is -7.95. The second-order valence-electron chi connectivity index (χ2n) is 9.61. The second kappa shape index (κ2) is 13.7. The lowest BCUT2D eigenvalue weighted by Crippen LogP contribution is -2.64. The van der Waals surface area contributed by atoms with Crippen LogP contribution in [0.2, 0.25) is 0 Å². The Bertz CT molecular complexity index is 1360. The monoisotopic (exact) mass is 734 g/mol. The predicted molar refractivity (Wildman–Crippen MR) is 126 cm³/mol. The van der Waals surface area contributed by atoms with Crippen LogP contribution in [0.5, 0.6) is 11.5 Å². The number of benzene rings is 1. The van der Waals surface area contributed by atoms with E-state index < -0.39 is 66.2 Å². The molecule has 47 heavy (non-hydrogen) atoms. The van der Waals surface area contributed by atoms with Crippen LogP contribution in [0.15, 0.2) is 36.7 Å². The van der Waals surface area contributed by atoms with E-state index in [0.29, 0.717) is 6.42 Å². The molecule has 266 valence electrons. The fourth-order valence-corrected chi connectivity index (χ4v) is 3.40. The van der Waals surface area contributed by atoms with E-state index in [1.165, 1.54) is 0 Å². The highest BCUT2D eigenvalue weighted by Crippen LogP contribution is 2.56. The van der Waals surface area contributed by atoms with Crippen LogP contribution in [0.25, 0.3) is 11.4 Å². The summed E-state index contributed by atoms with van der Waals surface area (Å²) in [5.41, 5.74) is 0.144. The van der Waals surface area contributed by atoms with Crippen molar-refractivity contribution in [1.29, 1.82) is 0 Å². The summed E-state index contributed by atoms with van der Waals surface area (Å²) in [4.78, 5) is 19.7. The molecule has 1 atom stereocenters. The Balaban J connectivity index is 2.06. The van der Waals surface area contributed by atoms with Crippen LogP contribution in [0, 0.1) is 5.92 Å². The zero-order chi connectivity index (χ0) is 36.4. The minimum Gasteiger partial charge on any atom is -0.484 e. The highest BCUT2D eigenvalue weighted by molar-refractivity contribution is 6.30. The second-order valence-corrected chi connectivity index (χ2v) is 10.1. The maximum Gasteiger partial charge on any atom is 0.460 e. The molecule has 0 saturated heterocycles. The Labute approximate surface area is 257 Å². The van der Waals surface area contributed by atoms with Gasteiger partial charge in [0, 0.05) is 5.56 Å². The molecule has 0 saturated carbocycles. The van der Waals surface area contributed by atoms with Gasteiger partial charge in [0.2, 0.25) is 0 Å². The van der Waals surface area contributed by atoms with Crippen LogP contribution < -0.4 is 9.47 Å². The first-order valence-corrected chi connectivity index (χ1v) is 12.6. The van der Waals surface area contributed by atoms with Crippen molar-refractivity contribution in [2.24, 2.45) is 5.92 Å². The summed E-state index contributed by atoms with van der Waals surface area (Å²) in [6, 6.07) is 3.91. The van der Waals surface area contributed by atoms with E-state index in [0.717, 1.165) is 36.7 Å². The molecule has 0 spiro atoms. The number of carbonyl (C=O) groups excluding carboxylic acids is 1. The summed E-state index contributed by atoms with van der Waals surface area (Å²) in [7, 11) is 0. The first-order chi connectivity index (χ1) is 21.1. The summed E-state index contributed by atoms with van der Waals surface area (Å²) in [5.74, 6) is -17.2. The molecule has 7 nitrogen and oxygen atoms in total. The Morgan fingerprint density at radius 1 is 0.723 bits per heavy atom. The molecule has 0 unspecified atom stereocenters. The van der Waals surface area contributed by atoms with Crippen molar-refractivity contribution < 1.29 is 89.6 Å². The Morgan fingerprint density at radius 3 is 1.68 bits per heavy atom. The van der Waals surface area contributed by atoms with Crippen molar-refractivity contribution in [3.05, 3.63) is 36.7 Å². The summed E-state index contributed by atoms with van der Waals surface area (Å²) in [5, 5.41) is -0.957. The van der Waals surface area contributed by atoms with E-state index in [4.69, 9.17) is 16.3 Å². The zero-order valence-electron chi connectivity index (χ0n) is 23.0. The number of rotatable bonds is 15. The lowest BCUT2D eigenvalue weighted by molar-refractivity contribution is -0.542. The molecule has 0 N–H and O–H groups in total. The van der Waals surface area contributed by atoms with Crippen molar-refractivity contribution in [1.82, 2.24) is 9.97 Å². The van der Waals surface area contributed by atoms with Gasteiger partial charge in [-0.05, 0) is 36.6 Å². The van der Waals surface area contributed by atoms with E-state index >= 15 is 0 Å². The lowest BCUT2D eigenvalue weighted by atomic mass is 10.1. The van der Waals surface area contributed by atoms with E-state index in [2.05, 4.69) is 19.4 Å². The van der Waals surface area contributed by atoms with Gasteiger partial charge in [0.1, 0.15) is 11.1 Å². The first kappa shape index (κ1) is 39.9. The largest absolute Gasteiger partial charge is 0.484 e. The fourth-order valence-electron chi connectivity index (χ4n) is 3.00. The van der Waals surface area contributed by atoms with Gasteiger partial charge in [-0.1, -0.05) is 13.8 Å². The summed E-state index contributed by atoms with van der Waals surface area (Å²) in [6.07, 6.45) is -32.8. The number of halogens is 16. The smallest absolute Gasteiger partial charge is 0.460 e. The Hall–Kier alpha value is -3.27. The average molecular weight is 735 g/mol. The van der Waals surface area contributed by atoms with Gasteiger partial charge in [-0.15, -0.1) is 11.6 Å². The maximum atomic E-state index is 13.8. The van der Waals surface area contributed by atoms with Gasteiger partial charge < -0.3 is 9.47 Å². The average Bonchev–Trinajstić information content (AvgIpc) is 2.90. The normalized spacial score (nSPS) is 14.7. The summed E-state index contributed by atoms with van der Waals surface area (Å²) < 4.78 is 210. The third-order valence-corrected chi connectivity index (χ3v) is 5.65. The van der Waals surface area contributed by atoms with E-state index in [9.17, 15) is 70.7 Å². The van der Waals surface area contributed by atoms with Crippen LogP contribution in [-0.2, 0) is 14.3 Å². The van der Waals surface area contributed by atoms with E-state index in [1.54, 1.807) is 4.74 Å². The molecule has 1 heterocycles. The van der Waals surface area contributed by atoms with Gasteiger partial charge in [0.25, 0.3) is 0 Å². The van der Waals surface area contributed by atoms with Gasteiger partial charge in [-0.3, -0.25) is 4.79 Å². The molecule has 23 heteroatoms. The van der Waals surface area contributed by atoms with Crippen molar-refractivity contribution >= 4 is 17.6 Å². The Morgan fingerprint density at radius 2 is 1.21 bits per heavy atom. The van der Waals surface area contributed by atoms with Crippen molar-refractivity contribution in [2.75, 3.05) is 6.61 Å². The van der Waals surface area contributed by atoms with E-state index in [1.807, 2.05) is 13.8 Å². The number of hydrogen-bond acceptors (Lipinski definition) is 7. The number of esters is 1. The Kier molecular flexibility index (Phi) is 11.6. The van der Waals surface area contributed by atoms with Crippen LogP contribution in [0.3, 0.4) is 0 Å². The maximum absolute atomic E-state index is 13.8. The van der Waals surface area contributed by atoms with Crippen LogP contribution in [0.4, 0.5) is 65.9 Å². The molecule has 1 aromatic heterocycles. The minimum absolute atomic E-state index is 0.0492. The highest BCUT2D eigenvalue weighted by Gasteiger charge is 2.85. The SMILES string of the molecule is CC(C)C[C@H](Cl)C(=O)Oc1cnc(-c2ccc(OCC(F)(F)OC(F)(F)C(F)(F)OC(F)(F)C(F)(F)C(F)(F)C(F)(F)F)cc2)nc1. The van der Waals surface area contributed by atoms with Gasteiger partial charge in [-0.2, -0.15) is 65.9 Å². The number of alkyl halides is 16. The van der Waals surface area contributed by atoms with Gasteiger partial charge in [0.05, 0.1) is 12.4 Å². The third kappa shape index (κ3) is 9.42. The molecular weight excluding hydrogens is 717 g/mol. The van der Waals surface area contributed by atoms with Gasteiger partial charge in [-0.25, -0.2) is 19.4 Å². The van der Waals surface area contributed by atoms with Crippen molar-refractivity contribution in [2.45, 2.75) is 68.1 Å². The molecule has 0 aliphatic carbocycles. The number of carbonyl (C=O) groups is 1. The quantitative estimate of drug-likeness (QED) is 0.104. The molecule has 2 aromatic rings. The van der Waals surface area contributed by atoms with Crippen molar-refractivity contribution in [3.8, 4) is 22.9 Å². The molecule has 0 fully saturated rings. The number of ether oxygens (including phenoxy) is 4. The van der Waals surface area contributed by atoms with Crippen LogP contribution in [-0.4, -0.2) is 70.4 Å². The molecule has 0 radical (unpaired) electrons. The molecule has 2 rings (SSSR count).